The lowest BCUT2D eigenvalue weighted by Gasteiger charge is -2.12. The number of rotatable bonds is 8. The van der Waals surface area contributed by atoms with E-state index < -0.39 is 20.6 Å². The molecule has 10 heteroatoms. The summed E-state index contributed by atoms with van der Waals surface area (Å²) >= 11 is 0. The van der Waals surface area contributed by atoms with Gasteiger partial charge in [0.1, 0.15) is 11.4 Å². The van der Waals surface area contributed by atoms with Gasteiger partial charge in [0.25, 0.3) is 15.7 Å². The summed E-state index contributed by atoms with van der Waals surface area (Å²) in [6.07, 6.45) is 0. The molecule has 2 aromatic carbocycles. The predicted octanol–water partition coefficient (Wildman–Crippen LogP) is 3.85. The highest BCUT2D eigenvalue weighted by molar-refractivity contribution is 7.92. The molecule has 0 saturated heterocycles. The summed E-state index contributed by atoms with van der Waals surface area (Å²) in [5.41, 5.74) is 3.31. The van der Waals surface area contributed by atoms with Crippen LogP contribution < -0.4 is 14.9 Å². The highest BCUT2D eigenvalue weighted by atomic mass is 32.2. The van der Waals surface area contributed by atoms with Crippen molar-refractivity contribution in [3.63, 3.8) is 0 Å². The van der Waals surface area contributed by atoms with Crippen molar-refractivity contribution >= 4 is 32.8 Å². The average molecular weight is 406 g/mol. The second kappa shape index (κ2) is 8.70. The number of nitrogens with one attached hydrogen (secondary N) is 2. The van der Waals surface area contributed by atoms with Crippen molar-refractivity contribution in [2.24, 2.45) is 11.0 Å². The zero-order chi connectivity index (χ0) is 20.9. The molecule has 0 heterocycles. The first-order valence-electron chi connectivity index (χ1n) is 8.40. The van der Waals surface area contributed by atoms with Gasteiger partial charge in [0.2, 0.25) is 0 Å². The van der Waals surface area contributed by atoms with Gasteiger partial charge in [-0.1, -0.05) is 26.0 Å². The first-order valence-corrected chi connectivity index (χ1v) is 9.88. The number of benzene rings is 2. The van der Waals surface area contributed by atoms with E-state index in [0.29, 0.717) is 5.75 Å². The fraction of sp³-hybridized carbons (Fsp3) is 0.278. The van der Waals surface area contributed by atoms with Gasteiger partial charge >= 0.3 is 0 Å². The van der Waals surface area contributed by atoms with E-state index in [9.17, 15) is 18.5 Å². The molecule has 9 nitrogen and oxygen atoms in total. The zero-order valence-corrected chi connectivity index (χ0v) is 16.8. The van der Waals surface area contributed by atoms with E-state index in [1.165, 1.54) is 25.3 Å². The van der Waals surface area contributed by atoms with Crippen molar-refractivity contribution < 1.29 is 18.1 Å². The molecule has 2 N–H and O–H groups in total. The second-order valence-electron chi connectivity index (χ2n) is 6.26. The third-order valence-corrected chi connectivity index (χ3v) is 5.38. The number of anilines is 2. The fourth-order valence-electron chi connectivity index (χ4n) is 2.13. The molecule has 0 bridgehead atoms. The molecule has 28 heavy (non-hydrogen) atoms. The standard InChI is InChI=1S/C18H22N4O5S/c1-12(2)13(3)19-20-15-10-9-14(11-17(15)22(23)24)28(25,26)21-16-7-5-6-8-18(16)27-4/h5-12,20-21H,1-4H3/b19-13-. The molecule has 0 aliphatic heterocycles. The first-order chi connectivity index (χ1) is 13.2. The molecule has 0 aliphatic rings. The first kappa shape index (κ1) is 21.2. The number of methoxy groups -OCH3 is 1. The van der Waals surface area contributed by atoms with Crippen molar-refractivity contribution in [1.29, 1.82) is 0 Å². The van der Waals surface area contributed by atoms with Crippen LogP contribution >= 0.6 is 0 Å². The molecule has 0 spiro atoms. The molecule has 0 aliphatic carbocycles. The van der Waals surface area contributed by atoms with E-state index in [0.717, 1.165) is 11.8 Å². The van der Waals surface area contributed by atoms with Crippen LogP contribution in [0.1, 0.15) is 20.8 Å². The van der Waals surface area contributed by atoms with Gasteiger partial charge in [0.15, 0.2) is 0 Å². The quantitative estimate of drug-likeness (QED) is 0.390. The maximum Gasteiger partial charge on any atom is 0.295 e. The van der Waals surface area contributed by atoms with Crippen LogP contribution in [0.2, 0.25) is 0 Å². The maximum absolute atomic E-state index is 12.7. The lowest BCUT2D eigenvalue weighted by Crippen LogP contribution is -2.14. The Kier molecular flexibility index (Phi) is 6.57. The SMILES string of the molecule is COc1ccccc1NS(=O)(=O)c1ccc(N/N=C(/C)C(C)C)c([N+](=O)[O-])c1. The summed E-state index contributed by atoms with van der Waals surface area (Å²) in [6, 6.07) is 10.0. The molecule has 0 aromatic heterocycles. The predicted molar refractivity (Wildman–Crippen MR) is 108 cm³/mol. The minimum absolute atomic E-state index is 0.0984. The van der Waals surface area contributed by atoms with Crippen molar-refractivity contribution in [3.05, 3.63) is 52.6 Å². The summed E-state index contributed by atoms with van der Waals surface area (Å²) in [4.78, 5) is 10.5. The Morgan fingerprint density at radius 3 is 2.46 bits per heavy atom. The summed E-state index contributed by atoms with van der Waals surface area (Å²) in [5.74, 6) is 0.494. The molecule has 150 valence electrons. The normalized spacial score (nSPS) is 12.0. The lowest BCUT2D eigenvalue weighted by atomic mass is 10.1. The number of hydrogen-bond acceptors (Lipinski definition) is 7. The highest BCUT2D eigenvalue weighted by Gasteiger charge is 2.22. The molecule has 0 fully saturated rings. The molecular formula is C18H22N4O5S. The van der Waals surface area contributed by atoms with Gasteiger partial charge in [-0.2, -0.15) is 5.10 Å². The van der Waals surface area contributed by atoms with Crippen molar-refractivity contribution in [2.75, 3.05) is 17.3 Å². The van der Waals surface area contributed by atoms with Gasteiger partial charge in [-0.3, -0.25) is 20.3 Å². The topological polar surface area (TPSA) is 123 Å². The monoisotopic (exact) mass is 406 g/mol. The van der Waals surface area contributed by atoms with Crippen LogP contribution in [-0.4, -0.2) is 26.2 Å². The van der Waals surface area contributed by atoms with Crippen LogP contribution in [0.5, 0.6) is 5.75 Å². The van der Waals surface area contributed by atoms with E-state index in [1.807, 2.05) is 13.8 Å². The molecule has 0 saturated carbocycles. The summed E-state index contributed by atoms with van der Waals surface area (Å²) in [5, 5.41) is 15.5. The number of nitro groups is 1. The number of nitrogens with zero attached hydrogens (tertiary/aromatic N) is 2. The Morgan fingerprint density at radius 2 is 1.86 bits per heavy atom. The lowest BCUT2D eigenvalue weighted by molar-refractivity contribution is -0.384. The third kappa shape index (κ3) is 4.97. The van der Waals surface area contributed by atoms with E-state index in [4.69, 9.17) is 4.74 Å². The maximum atomic E-state index is 12.7. The van der Waals surface area contributed by atoms with E-state index in [-0.39, 0.29) is 22.2 Å². The smallest absolute Gasteiger partial charge is 0.295 e. The average Bonchev–Trinajstić information content (AvgIpc) is 2.65. The Balaban J connectivity index is 2.39. The van der Waals surface area contributed by atoms with Gasteiger partial charge in [-0.25, -0.2) is 8.42 Å². The molecule has 0 radical (unpaired) electrons. The van der Waals surface area contributed by atoms with Gasteiger partial charge in [0, 0.05) is 11.8 Å². The van der Waals surface area contributed by atoms with Gasteiger partial charge in [0.05, 0.1) is 22.6 Å². The molecule has 0 amide bonds. The molecule has 0 unspecified atom stereocenters. The number of ether oxygens (including phenoxy) is 1. The summed E-state index contributed by atoms with van der Waals surface area (Å²) in [6.45, 7) is 5.67. The fourth-order valence-corrected chi connectivity index (χ4v) is 3.22. The number of nitro benzene ring substituents is 1. The van der Waals surface area contributed by atoms with Crippen LogP contribution in [0.15, 0.2) is 52.5 Å². The third-order valence-electron chi connectivity index (χ3n) is 4.02. The van der Waals surface area contributed by atoms with E-state index in [2.05, 4.69) is 15.2 Å². The minimum Gasteiger partial charge on any atom is -0.495 e. The molecule has 2 rings (SSSR count). The Bertz CT molecular complexity index is 1000. The van der Waals surface area contributed by atoms with Gasteiger partial charge < -0.3 is 4.74 Å². The highest BCUT2D eigenvalue weighted by Crippen LogP contribution is 2.30. The van der Waals surface area contributed by atoms with Crippen molar-refractivity contribution in [3.8, 4) is 5.75 Å². The summed E-state index contributed by atoms with van der Waals surface area (Å²) < 4.78 is 32.9. The van der Waals surface area contributed by atoms with Crippen LogP contribution in [0.4, 0.5) is 17.1 Å². The van der Waals surface area contributed by atoms with Crippen molar-refractivity contribution in [1.82, 2.24) is 0 Å². The summed E-state index contributed by atoms with van der Waals surface area (Å²) in [7, 11) is -2.65. The Hall–Kier alpha value is -3.14. The Labute approximate surface area is 163 Å². The second-order valence-corrected chi connectivity index (χ2v) is 7.94. The number of para-hydroxylation sites is 2. The van der Waals surface area contributed by atoms with Gasteiger partial charge in [-0.05, 0) is 37.1 Å². The Morgan fingerprint density at radius 1 is 1.18 bits per heavy atom. The number of hydrogen-bond donors (Lipinski definition) is 2. The van der Waals surface area contributed by atoms with E-state index in [1.54, 1.807) is 25.1 Å². The largest absolute Gasteiger partial charge is 0.495 e. The molecular weight excluding hydrogens is 384 g/mol. The van der Waals surface area contributed by atoms with Crippen LogP contribution in [-0.2, 0) is 10.0 Å². The van der Waals surface area contributed by atoms with Crippen LogP contribution in [0.3, 0.4) is 0 Å². The van der Waals surface area contributed by atoms with Crippen LogP contribution in [0.25, 0.3) is 0 Å². The molecule has 0 atom stereocenters. The number of hydrazone groups is 1. The van der Waals surface area contributed by atoms with E-state index >= 15 is 0 Å². The van der Waals surface area contributed by atoms with Gasteiger partial charge in [-0.15, -0.1) is 0 Å². The molecule has 2 aromatic rings. The minimum atomic E-state index is -4.06. The van der Waals surface area contributed by atoms with Crippen molar-refractivity contribution in [2.45, 2.75) is 25.7 Å². The zero-order valence-electron chi connectivity index (χ0n) is 16.0. The van der Waals surface area contributed by atoms with Crippen LogP contribution in [0, 0.1) is 16.0 Å². The number of sulfonamides is 1.